The average molecular weight is 281 g/mol. The van der Waals surface area contributed by atoms with Crippen molar-refractivity contribution >= 4 is 5.91 Å². The molecule has 20 heavy (non-hydrogen) atoms. The number of hydrogen-bond donors (Lipinski definition) is 3. The number of aromatic amines is 1. The van der Waals surface area contributed by atoms with Gasteiger partial charge >= 0.3 is 0 Å². The maximum absolute atomic E-state index is 11.9. The zero-order valence-corrected chi connectivity index (χ0v) is 13.2. The molecule has 1 amide bonds. The first-order chi connectivity index (χ1) is 9.31. The molecule has 0 saturated carbocycles. The monoisotopic (exact) mass is 281 g/mol. The zero-order chi connectivity index (χ0) is 15.3. The van der Waals surface area contributed by atoms with Gasteiger partial charge in [-0.2, -0.15) is 5.10 Å². The molecule has 0 fully saturated rings. The lowest BCUT2D eigenvalue weighted by atomic mass is 9.95. The van der Waals surface area contributed by atoms with Crippen molar-refractivity contribution in [1.82, 2.24) is 15.5 Å². The van der Waals surface area contributed by atoms with Crippen LogP contribution >= 0.6 is 0 Å². The Bertz CT molecular complexity index is 421. The van der Waals surface area contributed by atoms with E-state index in [9.17, 15) is 9.90 Å². The lowest BCUT2D eigenvalue weighted by molar-refractivity contribution is -0.121. The van der Waals surface area contributed by atoms with Crippen molar-refractivity contribution in [3.05, 3.63) is 17.0 Å². The summed E-state index contributed by atoms with van der Waals surface area (Å²) in [6, 6.07) is 0. The standard InChI is InChI=1S/C15H27N3O2/c1-9(2)6-13(19)8-16-14(20)7-10(3)15-11(4)17-18-12(15)5/h9-10,13,19H,6-8H2,1-5H3,(H,16,20)(H,17,18). The van der Waals surface area contributed by atoms with Crippen LogP contribution in [0.15, 0.2) is 0 Å². The quantitative estimate of drug-likeness (QED) is 0.715. The molecular formula is C15H27N3O2. The van der Waals surface area contributed by atoms with Gasteiger partial charge < -0.3 is 10.4 Å². The Morgan fingerprint density at radius 2 is 2.00 bits per heavy atom. The lowest BCUT2D eigenvalue weighted by Crippen LogP contribution is -2.33. The Labute approximate surface area is 121 Å². The van der Waals surface area contributed by atoms with Gasteiger partial charge in [-0.25, -0.2) is 0 Å². The largest absolute Gasteiger partial charge is 0.391 e. The van der Waals surface area contributed by atoms with Crippen LogP contribution in [0.5, 0.6) is 0 Å². The molecule has 3 N–H and O–H groups in total. The summed E-state index contributed by atoms with van der Waals surface area (Å²) >= 11 is 0. The second-order valence-electron chi connectivity index (χ2n) is 6.04. The van der Waals surface area contributed by atoms with Gasteiger partial charge in [-0.3, -0.25) is 9.89 Å². The fraction of sp³-hybridized carbons (Fsp3) is 0.733. The molecule has 114 valence electrons. The van der Waals surface area contributed by atoms with Crippen molar-refractivity contribution < 1.29 is 9.90 Å². The Kier molecular flexibility index (Phi) is 6.20. The van der Waals surface area contributed by atoms with E-state index in [1.54, 1.807) is 0 Å². The molecule has 5 nitrogen and oxygen atoms in total. The van der Waals surface area contributed by atoms with Gasteiger partial charge in [0.1, 0.15) is 0 Å². The molecule has 1 heterocycles. The number of nitrogens with one attached hydrogen (secondary N) is 2. The highest BCUT2D eigenvalue weighted by Gasteiger charge is 2.18. The molecule has 0 bridgehead atoms. The second kappa shape index (κ2) is 7.43. The van der Waals surface area contributed by atoms with Gasteiger partial charge in [0.05, 0.1) is 11.8 Å². The molecule has 0 saturated heterocycles. The van der Waals surface area contributed by atoms with E-state index in [-0.39, 0.29) is 11.8 Å². The molecule has 0 aliphatic carbocycles. The lowest BCUT2D eigenvalue weighted by Gasteiger charge is -2.16. The number of aryl methyl sites for hydroxylation is 2. The minimum atomic E-state index is -0.466. The van der Waals surface area contributed by atoms with Crippen molar-refractivity contribution in [2.24, 2.45) is 5.92 Å². The van der Waals surface area contributed by atoms with Crippen LogP contribution < -0.4 is 5.32 Å². The molecule has 1 rings (SSSR count). The van der Waals surface area contributed by atoms with Gasteiger partial charge in [0, 0.05) is 18.7 Å². The number of aliphatic hydroxyl groups excluding tert-OH is 1. The van der Waals surface area contributed by atoms with Crippen molar-refractivity contribution in [2.75, 3.05) is 6.54 Å². The number of nitrogens with zero attached hydrogens (tertiary/aromatic N) is 1. The van der Waals surface area contributed by atoms with Gasteiger partial charge in [0.25, 0.3) is 0 Å². The SMILES string of the molecule is Cc1n[nH]c(C)c1C(C)CC(=O)NCC(O)CC(C)C. The number of hydrogen-bond acceptors (Lipinski definition) is 3. The number of H-pyrrole nitrogens is 1. The predicted octanol–water partition coefficient (Wildman–Crippen LogP) is 2.04. The van der Waals surface area contributed by atoms with E-state index in [4.69, 9.17) is 0 Å². The van der Waals surface area contributed by atoms with Gasteiger partial charge in [-0.15, -0.1) is 0 Å². The normalized spacial score (nSPS) is 14.3. The second-order valence-corrected chi connectivity index (χ2v) is 6.04. The van der Waals surface area contributed by atoms with E-state index in [1.807, 2.05) is 20.8 Å². The summed E-state index contributed by atoms with van der Waals surface area (Å²) in [5.41, 5.74) is 3.08. The van der Waals surface area contributed by atoms with Crippen LogP contribution in [0.1, 0.15) is 56.5 Å². The number of aliphatic hydroxyl groups is 1. The molecule has 5 heteroatoms. The van der Waals surface area contributed by atoms with E-state index in [2.05, 4.69) is 29.4 Å². The summed E-state index contributed by atoms with van der Waals surface area (Å²) in [5, 5.41) is 19.6. The van der Waals surface area contributed by atoms with E-state index in [0.29, 0.717) is 25.3 Å². The number of amides is 1. The summed E-state index contributed by atoms with van der Waals surface area (Å²) in [5.74, 6) is 0.522. The molecule has 2 atom stereocenters. The average Bonchev–Trinajstić information content (AvgIpc) is 2.65. The molecular weight excluding hydrogens is 254 g/mol. The minimum Gasteiger partial charge on any atom is -0.391 e. The third-order valence-corrected chi connectivity index (χ3v) is 3.45. The zero-order valence-electron chi connectivity index (χ0n) is 13.2. The van der Waals surface area contributed by atoms with E-state index in [0.717, 1.165) is 17.0 Å². The van der Waals surface area contributed by atoms with Gasteiger partial charge in [-0.1, -0.05) is 20.8 Å². The highest BCUT2D eigenvalue weighted by Crippen LogP contribution is 2.24. The predicted molar refractivity (Wildman–Crippen MR) is 79.6 cm³/mol. The fourth-order valence-electron chi connectivity index (χ4n) is 2.60. The number of aromatic nitrogens is 2. The summed E-state index contributed by atoms with van der Waals surface area (Å²) in [7, 11) is 0. The van der Waals surface area contributed by atoms with Crippen LogP contribution in [-0.2, 0) is 4.79 Å². The van der Waals surface area contributed by atoms with E-state index >= 15 is 0 Å². The van der Waals surface area contributed by atoms with Crippen LogP contribution in [-0.4, -0.2) is 33.9 Å². The van der Waals surface area contributed by atoms with Crippen LogP contribution in [0.3, 0.4) is 0 Å². The number of rotatable bonds is 7. The first kappa shape index (κ1) is 16.7. The molecule has 0 aliphatic rings. The Hall–Kier alpha value is -1.36. The maximum atomic E-state index is 11.9. The number of carbonyl (C=O) groups excluding carboxylic acids is 1. The summed E-state index contributed by atoms with van der Waals surface area (Å²) in [6.07, 6.45) is 0.650. The third-order valence-electron chi connectivity index (χ3n) is 3.45. The van der Waals surface area contributed by atoms with E-state index in [1.165, 1.54) is 0 Å². The first-order valence-electron chi connectivity index (χ1n) is 7.27. The summed E-state index contributed by atoms with van der Waals surface area (Å²) in [6.45, 7) is 10.4. The van der Waals surface area contributed by atoms with Crippen LogP contribution in [0.4, 0.5) is 0 Å². The highest BCUT2D eigenvalue weighted by atomic mass is 16.3. The van der Waals surface area contributed by atoms with E-state index < -0.39 is 6.10 Å². The smallest absolute Gasteiger partial charge is 0.220 e. The molecule has 0 aromatic carbocycles. The maximum Gasteiger partial charge on any atom is 0.220 e. The Morgan fingerprint density at radius 1 is 1.35 bits per heavy atom. The van der Waals surface area contributed by atoms with Crippen molar-refractivity contribution in [3.8, 4) is 0 Å². The minimum absolute atomic E-state index is 0.0275. The first-order valence-corrected chi connectivity index (χ1v) is 7.27. The van der Waals surface area contributed by atoms with Crippen LogP contribution in [0.2, 0.25) is 0 Å². The Balaban J connectivity index is 2.43. The van der Waals surface area contributed by atoms with Gasteiger partial charge in [0.2, 0.25) is 5.91 Å². The molecule has 0 spiro atoms. The topological polar surface area (TPSA) is 78.0 Å². The van der Waals surface area contributed by atoms with Gasteiger partial charge in [0.15, 0.2) is 0 Å². The van der Waals surface area contributed by atoms with Gasteiger partial charge in [-0.05, 0) is 37.7 Å². The van der Waals surface area contributed by atoms with Crippen molar-refractivity contribution in [1.29, 1.82) is 0 Å². The summed E-state index contributed by atoms with van der Waals surface area (Å²) in [4.78, 5) is 11.9. The highest BCUT2D eigenvalue weighted by molar-refractivity contribution is 5.76. The molecule has 0 radical (unpaired) electrons. The fourth-order valence-corrected chi connectivity index (χ4v) is 2.60. The molecule has 1 aromatic rings. The molecule has 2 unspecified atom stereocenters. The Morgan fingerprint density at radius 3 is 2.50 bits per heavy atom. The van der Waals surface area contributed by atoms with Crippen LogP contribution in [0, 0.1) is 19.8 Å². The molecule has 1 aromatic heterocycles. The van der Waals surface area contributed by atoms with Crippen molar-refractivity contribution in [2.45, 2.75) is 59.5 Å². The van der Waals surface area contributed by atoms with Crippen LogP contribution in [0.25, 0.3) is 0 Å². The number of carbonyl (C=O) groups is 1. The molecule has 0 aliphatic heterocycles. The third kappa shape index (κ3) is 4.96. The van der Waals surface area contributed by atoms with Crippen molar-refractivity contribution in [3.63, 3.8) is 0 Å². The summed E-state index contributed by atoms with van der Waals surface area (Å²) < 4.78 is 0.